The van der Waals surface area contributed by atoms with Gasteiger partial charge in [-0.2, -0.15) is 5.10 Å². The quantitative estimate of drug-likeness (QED) is 0.415. The van der Waals surface area contributed by atoms with Crippen LogP contribution in [0, 0.1) is 11.7 Å². The smallest absolute Gasteiger partial charge is 0.266 e. The first-order chi connectivity index (χ1) is 15.6. The van der Waals surface area contributed by atoms with Crippen LogP contribution in [-0.2, 0) is 10.0 Å². The summed E-state index contributed by atoms with van der Waals surface area (Å²) in [6, 6.07) is 3.40. The minimum atomic E-state index is -4.27. The number of anilines is 1. The molecule has 0 radical (unpaired) electrons. The summed E-state index contributed by atoms with van der Waals surface area (Å²) in [7, 11) is -2.45. The van der Waals surface area contributed by atoms with Gasteiger partial charge in [-0.15, -0.1) is 0 Å². The molecule has 0 saturated heterocycles. The average Bonchev–Trinajstić information content (AvgIpc) is 2.76. The first kappa shape index (κ1) is 24.9. The maximum absolute atomic E-state index is 15.0. The Labute approximate surface area is 198 Å². The average molecular weight is 496 g/mol. The number of hydrogen-bond donors (Lipinski definition) is 1. The van der Waals surface area contributed by atoms with Crippen LogP contribution < -0.4 is 9.46 Å². The van der Waals surface area contributed by atoms with Crippen LogP contribution in [0.15, 0.2) is 53.0 Å². The monoisotopic (exact) mass is 495 g/mol. The van der Waals surface area contributed by atoms with Gasteiger partial charge in [-0.1, -0.05) is 24.6 Å². The SMILES string of the molecule is C=C([C@H]1CCCC[C@@]1(C)Oc1cc(F)c(S(=O)(=O)Nc2ccncn2)cc1Cl)N(C)/N=C\C. The molecule has 2 aromatic rings. The summed E-state index contributed by atoms with van der Waals surface area (Å²) < 4.78 is 48.8. The highest BCUT2D eigenvalue weighted by Crippen LogP contribution is 2.43. The molecule has 11 heteroatoms. The number of hydrogen-bond acceptors (Lipinski definition) is 7. The first-order valence-electron chi connectivity index (χ1n) is 10.5. The molecule has 0 bridgehead atoms. The Balaban J connectivity index is 1.89. The topological polar surface area (TPSA) is 96.8 Å². The molecule has 1 aromatic heterocycles. The van der Waals surface area contributed by atoms with E-state index in [9.17, 15) is 12.8 Å². The fourth-order valence-corrected chi connectivity index (χ4v) is 5.37. The Kier molecular flexibility index (Phi) is 7.58. The van der Waals surface area contributed by atoms with Crippen molar-refractivity contribution in [3.63, 3.8) is 0 Å². The molecule has 3 rings (SSSR count). The molecule has 1 heterocycles. The van der Waals surface area contributed by atoms with Crippen molar-refractivity contribution in [3.05, 3.63) is 53.8 Å². The number of rotatable bonds is 8. The Morgan fingerprint density at radius 3 is 2.88 bits per heavy atom. The first-order valence-corrected chi connectivity index (χ1v) is 12.3. The van der Waals surface area contributed by atoms with E-state index in [1.807, 2.05) is 20.9 Å². The lowest BCUT2D eigenvalue weighted by Crippen LogP contribution is -2.46. The van der Waals surface area contributed by atoms with Crippen LogP contribution in [0.3, 0.4) is 0 Å². The largest absolute Gasteiger partial charge is 0.485 e. The van der Waals surface area contributed by atoms with E-state index >= 15 is 0 Å². The van der Waals surface area contributed by atoms with Gasteiger partial charge in [-0.05, 0) is 45.2 Å². The maximum atomic E-state index is 15.0. The Morgan fingerprint density at radius 2 is 2.21 bits per heavy atom. The summed E-state index contributed by atoms with van der Waals surface area (Å²) in [6.07, 6.45) is 7.67. The molecule has 33 heavy (non-hydrogen) atoms. The number of aromatic nitrogens is 2. The summed E-state index contributed by atoms with van der Waals surface area (Å²) in [5.41, 5.74) is 0.0582. The Morgan fingerprint density at radius 1 is 1.45 bits per heavy atom. The molecule has 0 spiro atoms. The van der Waals surface area contributed by atoms with E-state index in [4.69, 9.17) is 16.3 Å². The molecule has 1 fully saturated rings. The lowest BCUT2D eigenvalue weighted by molar-refractivity contribution is -0.00131. The molecule has 178 valence electrons. The van der Waals surface area contributed by atoms with Crippen molar-refractivity contribution in [3.8, 4) is 5.75 Å². The summed E-state index contributed by atoms with van der Waals surface area (Å²) in [4.78, 5) is 6.91. The van der Waals surface area contributed by atoms with Gasteiger partial charge >= 0.3 is 0 Å². The molecule has 1 N–H and O–H groups in total. The van der Waals surface area contributed by atoms with Crippen molar-refractivity contribution in [1.29, 1.82) is 0 Å². The molecule has 0 unspecified atom stereocenters. The van der Waals surface area contributed by atoms with Crippen LogP contribution in [0.25, 0.3) is 0 Å². The van der Waals surface area contributed by atoms with Gasteiger partial charge in [0.15, 0.2) is 0 Å². The molecule has 2 atom stereocenters. The third-order valence-electron chi connectivity index (χ3n) is 5.70. The van der Waals surface area contributed by atoms with Crippen molar-refractivity contribution in [2.75, 3.05) is 11.8 Å². The zero-order valence-corrected chi connectivity index (χ0v) is 20.3. The fraction of sp³-hybridized carbons (Fsp3) is 0.409. The standard InChI is InChI=1S/C22H27ClFN5O3S/c1-5-27-29(4)15(2)16-8-6-7-10-22(16,3)32-19-13-18(24)20(12-17(19)23)33(30,31)28-21-9-11-25-14-26-21/h5,9,11-14,16H,2,6-8,10H2,1,3-4H3,(H,25,26,28)/b27-5-/t16-,22-/m1/s1. The number of halogens is 2. The number of benzene rings is 1. The highest BCUT2D eigenvalue weighted by molar-refractivity contribution is 7.92. The Hall–Kier alpha value is -2.72. The van der Waals surface area contributed by atoms with Gasteiger partial charge < -0.3 is 4.74 Å². The number of ether oxygens (including phenoxy) is 1. The minimum Gasteiger partial charge on any atom is -0.485 e. The summed E-state index contributed by atoms with van der Waals surface area (Å²) in [5, 5.41) is 5.95. The third kappa shape index (κ3) is 5.62. The van der Waals surface area contributed by atoms with Crippen LogP contribution in [0.2, 0.25) is 5.02 Å². The van der Waals surface area contributed by atoms with E-state index in [1.165, 1.54) is 18.6 Å². The van der Waals surface area contributed by atoms with Crippen molar-refractivity contribution < 1.29 is 17.5 Å². The number of nitrogens with one attached hydrogen (secondary N) is 1. The fourth-order valence-electron chi connectivity index (χ4n) is 4.01. The van der Waals surface area contributed by atoms with E-state index in [0.29, 0.717) is 6.42 Å². The van der Waals surface area contributed by atoms with Gasteiger partial charge in [0.1, 0.15) is 34.2 Å². The highest BCUT2D eigenvalue weighted by Gasteiger charge is 2.42. The predicted octanol–water partition coefficient (Wildman–Crippen LogP) is 4.85. The van der Waals surface area contributed by atoms with E-state index in [0.717, 1.165) is 37.1 Å². The second-order valence-corrected chi connectivity index (χ2v) is 10.1. The summed E-state index contributed by atoms with van der Waals surface area (Å²) in [5.74, 6) is -0.991. The molecular formula is C22H27ClFN5O3S. The van der Waals surface area contributed by atoms with Crippen LogP contribution in [0.5, 0.6) is 5.75 Å². The lowest BCUT2D eigenvalue weighted by Gasteiger charge is -2.43. The lowest BCUT2D eigenvalue weighted by atomic mass is 9.74. The number of sulfonamides is 1. The van der Waals surface area contributed by atoms with Gasteiger partial charge in [0, 0.05) is 37.1 Å². The molecule has 8 nitrogen and oxygen atoms in total. The van der Waals surface area contributed by atoms with Gasteiger partial charge in [-0.3, -0.25) is 9.73 Å². The van der Waals surface area contributed by atoms with Crippen molar-refractivity contribution in [1.82, 2.24) is 15.0 Å². The normalized spacial score (nSPS) is 21.1. The van der Waals surface area contributed by atoms with Crippen LogP contribution >= 0.6 is 11.6 Å². The van der Waals surface area contributed by atoms with Crippen LogP contribution in [0.4, 0.5) is 10.2 Å². The molecule has 1 aromatic carbocycles. The van der Waals surface area contributed by atoms with Gasteiger partial charge in [0.05, 0.1) is 5.02 Å². The molecule has 0 aliphatic heterocycles. The molecule has 0 amide bonds. The molecular weight excluding hydrogens is 469 g/mol. The number of hydrazone groups is 1. The second-order valence-electron chi connectivity index (χ2n) is 8.01. The summed E-state index contributed by atoms with van der Waals surface area (Å²) in [6.45, 7) is 7.94. The van der Waals surface area contributed by atoms with Gasteiger partial charge in [0.2, 0.25) is 0 Å². The zero-order chi connectivity index (χ0) is 24.2. The predicted molar refractivity (Wildman–Crippen MR) is 126 cm³/mol. The van der Waals surface area contributed by atoms with Crippen molar-refractivity contribution in [2.24, 2.45) is 11.0 Å². The van der Waals surface area contributed by atoms with Gasteiger partial charge in [0.25, 0.3) is 10.0 Å². The second kappa shape index (κ2) is 10.0. The van der Waals surface area contributed by atoms with E-state index in [-0.39, 0.29) is 22.5 Å². The molecule has 1 saturated carbocycles. The summed E-state index contributed by atoms with van der Waals surface area (Å²) >= 11 is 6.37. The third-order valence-corrected chi connectivity index (χ3v) is 7.36. The van der Waals surface area contributed by atoms with Crippen LogP contribution in [-0.4, -0.2) is 42.3 Å². The van der Waals surface area contributed by atoms with Crippen molar-refractivity contribution in [2.45, 2.75) is 50.0 Å². The van der Waals surface area contributed by atoms with E-state index in [2.05, 4.69) is 26.4 Å². The zero-order valence-electron chi connectivity index (χ0n) is 18.8. The van der Waals surface area contributed by atoms with Crippen LogP contribution in [0.1, 0.15) is 39.5 Å². The Bertz CT molecular complexity index is 1150. The van der Waals surface area contributed by atoms with E-state index < -0.39 is 26.3 Å². The molecule has 1 aliphatic rings. The van der Waals surface area contributed by atoms with E-state index in [1.54, 1.807) is 11.2 Å². The highest BCUT2D eigenvalue weighted by atomic mass is 35.5. The minimum absolute atomic E-state index is 0.00998. The van der Waals surface area contributed by atoms with Gasteiger partial charge in [-0.25, -0.2) is 22.8 Å². The maximum Gasteiger partial charge on any atom is 0.266 e. The van der Waals surface area contributed by atoms with Crippen molar-refractivity contribution >= 4 is 33.7 Å². The number of nitrogens with zero attached hydrogens (tertiary/aromatic N) is 4. The molecule has 1 aliphatic carbocycles.